The van der Waals surface area contributed by atoms with Crippen molar-refractivity contribution in [3.05, 3.63) is 50.4 Å². The number of nitrogens with zero attached hydrogens (tertiary/aromatic N) is 1. The Kier molecular flexibility index (Phi) is 3.79. The number of halogens is 5. The fraction of sp³-hybridized carbons (Fsp3) is 0. The predicted molar refractivity (Wildman–Crippen MR) is 69.7 cm³/mol. The molecule has 0 aliphatic rings. The Labute approximate surface area is 117 Å². The third kappa shape index (κ3) is 2.50. The van der Waals surface area contributed by atoms with Crippen molar-refractivity contribution in [3.63, 3.8) is 0 Å². The lowest BCUT2D eigenvalue weighted by atomic mass is 10.1. The molecule has 88 valence electrons. The Morgan fingerprint density at radius 3 is 2.41 bits per heavy atom. The van der Waals surface area contributed by atoms with Crippen LogP contribution in [0.5, 0.6) is 0 Å². The molecule has 0 aliphatic heterocycles. The number of rotatable bonds is 1. The molecule has 0 N–H and O–H groups in total. The van der Waals surface area contributed by atoms with Crippen LogP contribution in [0.3, 0.4) is 0 Å². The summed E-state index contributed by atoms with van der Waals surface area (Å²) in [5.74, 6) is -0.658. The van der Waals surface area contributed by atoms with Crippen LogP contribution in [0.2, 0.25) is 20.2 Å². The van der Waals surface area contributed by atoms with Gasteiger partial charge < -0.3 is 0 Å². The van der Waals surface area contributed by atoms with Gasteiger partial charge in [0.25, 0.3) is 0 Å². The first-order valence-electron chi connectivity index (χ1n) is 4.45. The van der Waals surface area contributed by atoms with Crippen LogP contribution in [0, 0.1) is 5.82 Å². The maximum Gasteiger partial charge on any atom is 0.168 e. The van der Waals surface area contributed by atoms with E-state index in [0.29, 0.717) is 10.6 Å². The fourth-order valence-electron chi connectivity index (χ4n) is 1.38. The van der Waals surface area contributed by atoms with Gasteiger partial charge in [-0.1, -0.05) is 46.4 Å². The van der Waals surface area contributed by atoms with E-state index in [0.717, 1.165) is 0 Å². The molecular formula is C11H4Cl4FN. The Hall–Kier alpha value is -0.540. The fourth-order valence-corrected chi connectivity index (χ4v) is 2.24. The molecule has 0 saturated heterocycles. The van der Waals surface area contributed by atoms with Gasteiger partial charge >= 0.3 is 0 Å². The molecule has 0 aliphatic carbocycles. The van der Waals surface area contributed by atoms with Crippen LogP contribution in [-0.2, 0) is 0 Å². The van der Waals surface area contributed by atoms with Gasteiger partial charge in [-0.05, 0) is 18.2 Å². The van der Waals surface area contributed by atoms with Crippen molar-refractivity contribution in [1.29, 1.82) is 0 Å². The maximum absolute atomic E-state index is 13.8. The first-order chi connectivity index (χ1) is 8.00. The topological polar surface area (TPSA) is 12.9 Å². The SMILES string of the molecule is Fc1c(-c2cc(Cl)cc(Cl)c2Cl)ccnc1Cl. The maximum atomic E-state index is 13.8. The summed E-state index contributed by atoms with van der Waals surface area (Å²) < 4.78 is 13.8. The number of aromatic nitrogens is 1. The van der Waals surface area contributed by atoms with Gasteiger partial charge in [-0.15, -0.1) is 0 Å². The molecule has 6 heteroatoms. The minimum atomic E-state index is -0.658. The molecule has 2 rings (SSSR count). The summed E-state index contributed by atoms with van der Waals surface area (Å²) in [4.78, 5) is 3.62. The molecule has 0 radical (unpaired) electrons. The number of benzene rings is 1. The van der Waals surface area contributed by atoms with Crippen LogP contribution in [0.1, 0.15) is 0 Å². The van der Waals surface area contributed by atoms with Crippen LogP contribution < -0.4 is 0 Å². The van der Waals surface area contributed by atoms with Gasteiger partial charge in [0, 0.05) is 22.3 Å². The van der Waals surface area contributed by atoms with E-state index in [1.165, 1.54) is 24.4 Å². The van der Waals surface area contributed by atoms with Crippen LogP contribution >= 0.6 is 46.4 Å². The Balaban J connectivity index is 2.73. The molecule has 1 aromatic carbocycles. The monoisotopic (exact) mass is 309 g/mol. The molecule has 0 bridgehead atoms. The van der Waals surface area contributed by atoms with Crippen molar-refractivity contribution in [2.24, 2.45) is 0 Å². The molecule has 0 unspecified atom stereocenters. The van der Waals surface area contributed by atoms with E-state index in [9.17, 15) is 4.39 Å². The van der Waals surface area contributed by atoms with Crippen LogP contribution in [0.25, 0.3) is 11.1 Å². The second kappa shape index (κ2) is 4.99. The second-order valence-corrected chi connectivity index (χ2v) is 4.79. The minimum absolute atomic E-state index is 0.208. The first kappa shape index (κ1) is 12.9. The Bertz CT molecular complexity index is 586. The highest BCUT2D eigenvalue weighted by Gasteiger charge is 2.15. The smallest absolute Gasteiger partial charge is 0.168 e. The zero-order valence-corrected chi connectivity index (χ0v) is 11.2. The van der Waals surface area contributed by atoms with E-state index < -0.39 is 5.82 Å². The number of pyridine rings is 1. The zero-order chi connectivity index (χ0) is 12.6. The van der Waals surface area contributed by atoms with Crippen molar-refractivity contribution >= 4 is 46.4 Å². The lowest BCUT2D eigenvalue weighted by Gasteiger charge is -2.08. The predicted octanol–water partition coefficient (Wildman–Crippen LogP) is 5.50. The number of hydrogen-bond acceptors (Lipinski definition) is 1. The molecule has 0 atom stereocenters. The molecule has 0 amide bonds. The van der Waals surface area contributed by atoms with E-state index in [1.54, 1.807) is 0 Å². The Morgan fingerprint density at radius 1 is 1.00 bits per heavy atom. The van der Waals surface area contributed by atoms with Crippen molar-refractivity contribution in [2.45, 2.75) is 0 Å². The van der Waals surface area contributed by atoms with E-state index in [1.807, 2.05) is 0 Å². The van der Waals surface area contributed by atoms with Crippen LogP contribution in [0.15, 0.2) is 24.4 Å². The quantitative estimate of drug-likeness (QED) is 0.500. The standard InChI is InChI=1S/C11H4Cl4FN/c12-5-3-7(9(14)8(13)4-5)6-1-2-17-11(15)10(6)16/h1-4H. The highest BCUT2D eigenvalue weighted by molar-refractivity contribution is 6.45. The molecule has 0 fully saturated rings. The summed E-state index contributed by atoms with van der Waals surface area (Å²) >= 11 is 23.3. The normalized spacial score (nSPS) is 10.6. The molecule has 1 nitrogen and oxygen atoms in total. The minimum Gasteiger partial charge on any atom is -0.242 e. The van der Waals surface area contributed by atoms with E-state index in [-0.39, 0.29) is 20.8 Å². The molecule has 0 spiro atoms. The van der Waals surface area contributed by atoms with E-state index in [4.69, 9.17) is 46.4 Å². The molecule has 0 saturated carbocycles. The van der Waals surface area contributed by atoms with Gasteiger partial charge in [-0.25, -0.2) is 9.37 Å². The molecule has 1 heterocycles. The first-order valence-corrected chi connectivity index (χ1v) is 5.97. The summed E-state index contributed by atoms with van der Waals surface area (Å²) in [6, 6.07) is 4.45. The van der Waals surface area contributed by atoms with E-state index >= 15 is 0 Å². The average Bonchev–Trinajstić information content (AvgIpc) is 2.27. The van der Waals surface area contributed by atoms with Gasteiger partial charge in [-0.3, -0.25) is 0 Å². The lowest BCUT2D eigenvalue weighted by Crippen LogP contribution is -1.90. The van der Waals surface area contributed by atoms with Crippen molar-refractivity contribution in [1.82, 2.24) is 4.98 Å². The third-order valence-corrected chi connectivity index (χ3v) is 3.41. The van der Waals surface area contributed by atoms with E-state index in [2.05, 4.69) is 4.98 Å². The lowest BCUT2D eigenvalue weighted by molar-refractivity contribution is 0.625. The van der Waals surface area contributed by atoms with Crippen LogP contribution in [-0.4, -0.2) is 4.98 Å². The largest absolute Gasteiger partial charge is 0.242 e. The summed E-state index contributed by atoms with van der Waals surface area (Å²) in [6.45, 7) is 0. The molecule has 17 heavy (non-hydrogen) atoms. The zero-order valence-electron chi connectivity index (χ0n) is 8.15. The average molecular weight is 311 g/mol. The summed E-state index contributed by atoms with van der Waals surface area (Å²) in [6.07, 6.45) is 1.38. The van der Waals surface area contributed by atoms with Gasteiger partial charge in [0.05, 0.1) is 10.0 Å². The molecule has 2 aromatic rings. The summed E-state index contributed by atoms with van der Waals surface area (Å²) in [5, 5.41) is 0.607. The molecular weight excluding hydrogens is 307 g/mol. The third-order valence-electron chi connectivity index (χ3n) is 2.13. The molecule has 1 aromatic heterocycles. The summed E-state index contributed by atoms with van der Waals surface area (Å²) in [5.41, 5.74) is 0.588. The highest BCUT2D eigenvalue weighted by atomic mass is 35.5. The second-order valence-electron chi connectivity index (χ2n) is 3.21. The highest BCUT2D eigenvalue weighted by Crippen LogP contribution is 2.38. The van der Waals surface area contributed by atoms with Crippen molar-refractivity contribution in [3.8, 4) is 11.1 Å². The van der Waals surface area contributed by atoms with Gasteiger partial charge in [0.2, 0.25) is 0 Å². The number of hydrogen-bond donors (Lipinski definition) is 0. The summed E-state index contributed by atoms with van der Waals surface area (Å²) in [7, 11) is 0. The van der Waals surface area contributed by atoms with Gasteiger partial charge in [-0.2, -0.15) is 0 Å². The van der Waals surface area contributed by atoms with Crippen LogP contribution in [0.4, 0.5) is 4.39 Å². The Morgan fingerprint density at radius 2 is 1.71 bits per heavy atom. The van der Waals surface area contributed by atoms with Gasteiger partial charge in [0.1, 0.15) is 0 Å². The van der Waals surface area contributed by atoms with Crippen molar-refractivity contribution < 1.29 is 4.39 Å². The van der Waals surface area contributed by atoms with Crippen molar-refractivity contribution in [2.75, 3.05) is 0 Å². The van der Waals surface area contributed by atoms with Gasteiger partial charge in [0.15, 0.2) is 11.0 Å².